The highest BCUT2D eigenvalue weighted by Gasteiger charge is 2.28. The molecule has 1 aliphatic rings. The predicted octanol–water partition coefficient (Wildman–Crippen LogP) is 6.59. The quantitative estimate of drug-likeness (QED) is 0.142. The van der Waals surface area contributed by atoms with Gasteiger partial charge >= 0.3 is 0 Å². The molecule has 0 aliphatic carbocycles. The zero-order valence-corrected chi connectivity index (χ0v) is 23.7. The highest BCUT2D eigenvalue weighted by atomic mass is 16.1. The van der Waals surface area contributed by atoms with E-state index in [1.165, 1.54) is 19.3 Å². The van der Waals surface area contributed by atoms with Gasteiger partial charge in [0.2, 0.25) is 0 Å². The van der Waals surface area contributed by atoms with E-state index < -0.39 is 0 Å². The minimum Gasteiger partial charge on any atom is -0.384 e. The summed E-state index contributed by atoms with van der Waals surface area (Å²) in [4.78, 5) is 24.0. The average Bonchev–Trinajstić information content (AvgIpc) is 2.94. The van der Waals surface area contributed by atoms with Crippen molar-refractivity contribution in [1.29, 1.82) is 5.41 Å². The molecule has 208 valence electrons. The van der Waals surface area contributed by atoms with E-state index in [9.17, 15) is 4.79 Å². The van der Waals surface area contributed by atoms with E-state index >= 15 is 0 Å². The van der Waals surface area contributed by atoms with Crippen molar-refractivity contribution in [2.24, 2.45) is 5.73 Å². The van der Waals surface area contributed by atoms with Crippen LogP contribution in [0.15, 0.2) is 71.5 Å². The Balaban J connectivity index is 1.48. The van der Waals surface area contributed by atoms with Crippen LogP contribution >= 0.6 is 0 Å². The van der Waals surface area contributed by atoms with E-state index in [-0.39, 0.29) is 11.4 Å². The number of nitrogens with two attached hydrogens (primary N) is 1. The van der Waals surface area contributed by atoms with Gasteiger partial charge in [-0.05, 0) is 83.2 Å². The highest BCUT2D eigenvalue weighted by molar-refractivity contribution is 5.96. The molecule has 3 unspecified atom stereocenters. The van der Waals surface area contributed by atoms with Crippen LogP contribution in [0, 0.1) is 5.41 Å². The Morgan fingerprint density at radius 2 is 1.85 bits per heavy atom. The second-order valence-corrected chi connectivity index (χ2v) is 11.2. The van der Waals surface area contributed by atoms with Gasteiger partial charge in [0, 0.05) is 46.2 Å². The summed E-state index contributed by atoms with van der Waals surface area (Å²) in [6.45, 7) is 7.08. The first-order valence-corrected chi connectivity index (χ1v) is 14.4. The molecule has 1 fully saturated rings. The minimum absolute atomic E-state index is 0.0412. The van der Waals surface area contributed by atoms with Gasteiger partial charge in [-0.25, -0.2) is 4.98 Å². The van der Waals surface area contributed by atoms with Crippen LogP contribution in [-0.2, 0) is 6.42 Å². The third-order valence-corrected chi connectivity index (χ3v) is 8.30. The van der Waals surface area contributed by atoms with Gasteiger partial charge in [-0.1, -0.05) is 42.8 Å². The number of aromatic amines is 1. The molecule has 0 saturated carbocycles. The molecule has 1 aliphatic heterocycles. The molecule has 0 bridgehead atoms. The number of piperidine rings is 1. The second-order valence-electron chi connectivity index (χ2n) is 11.2. The Labute approximate surface area is 236 Å². The SMILES string of the molecule is CC(CCCc1c(Nc2ccccc2)ccc2nc(-c3cccc(C(=N)N)c3)c(=O)[nH]c12)N1C(C)CCCC1C. The molecule has 5 rings (SSSR count). The van der Waals surface area contributed by atoms with Crippen LogP contribution in [0.1, 0.15) is 64.0 Å². The number of nitrogen functional groups attached to an aromatic ring is 1. The minimum atomic E-state index is -0.254. The summed E-state index contributed by atoms with van der Waals surface area (Å²) in [5.41, 5.74) is 11.5. The number of aryl methyl sites for hydroxylation is 1. The third-order valence-electron chi connectivity index (χ3n) is 8.30. The Kier molecular flexibility index (Phi) is 8.31. The molecule has 7 heteroatoms. The molecule has 0 amide bonds. The third kappa shape index (κ3) is 5.94. The number of anilines is 2. The molecule has 1 saturated heterocycles. The van der Waals surface area contributed by atoms with Crippen molar-refractivity contribution in [2.75, 3.05) is 5.32 Å². The van der Waals surface area contributed by atoms with E-state index in [1.807, 2.05) is 42.5 Å². The van der Waals surface area contributed by atoms with Crippen LogP contribution in [0.2, 0.25) is 0 Å². The van der Waals surface area contributed by atoms with Crippen molar-refractivity contribution in [1.82, 2.24) is 14.9 Å². The zero-order chi connectivity index (χ0) is 28.2. The standard InChI is InChI=1S/C33H40N6O/c1-21-10-7-11-22(2)39(21)23(3)12-8-17-27-28(36-26-15-5-4-6-16-26)18-19-29-31(27)38-33(40)30(37-29)24-13-9-14-25(20-24)32(34)35/h4-6,9,13-16,18-23,36H,7-8,10-12,17H2,1-3H3,(H3,34,35)(H,38,40). The van der Waals surface area contributed by atoms with Crippen molar-refractivity contribution in [3.05, 3.63) is 88.2 Å². The van der Waals surface area contributed by atoms with Crippen molar-refractivity contribution in [3.8, 4) is 11.3 Å². The van der Waals surface area contributed by atoms with Crippen molar-refractivity contribution < 1.29 is 0 Å². The number of para-hydroxylation sites is 1. The summed E-state index contributed by atoms with van der Waals surface area (Å²) in [6.07, 6.45) is 6.77. The molecule has 0 spiro atoms. The van der Waals surface area contributed by atoms with Gasteiger partial charge in [0.15, 0.2) is 0 Å². The highest BCUT2D eigenvalue weighted by Crippen LogP contribution is 2.31. The first-order valence-electron chi connectivity index (χ1n) is 14.4. The number of nitrogens with zero attached hydrogens (tertiary/aromatic N) is 2. The number of fused-ring (bicyclic) bond motifs is 1. The van der Waals surface area contributed by atoms with Gasteiger partial charge < -0.3 is 16.0 Å². The maximum absolute atomic E-state index is 13.4. The Bertz CT molecular complexity index is 1540. The second kappa shape index (κ2) is 12.0. The van der Waals surface area contributed by atoms with Crippen LogP contribution < -0.4 is 16.6 Å². The number of hydrogen-bond acceptors (Lipinski definition) is 5. The molecule has 5 N–H and O–H groups in total. The largest absolute Gasteiger partial charge is 0.384 e. The smallest absolute Gasteiger partial charge is 0.274 e. The van der Waals surface area contributed by atoms with Gasteiger partial charge in [0.1, 0.15) is 11.5 Å². The number of amidine groups is 1. The molecular formula is C33H40N6O. The van der Waals surface area contributed by atoms with Gasteiger partial charge in [-0.3, -0.25) is 15.1 Å². The molecular weight excluding hydrogens is 496 g/mol. The zero-order valence-electron chi connectivity index (χ0n) is 23.7. The van der Waals surface area contributed by atoms with Crippen molar-refractivity contribution >= 4 is 28.2 Å². The van der Waals surface area contributed by atoms with Gasteiger partial charge in [-0.15, -0.1) is 0 Å². The molecule has 0 radical (unpaired) electrons. The average molecular weight is 537 g/mol. The lowest BCUT2D eigenvalue weighted by Gasteiger charge is -2.43. The number of hydrogen-bond donors (Lipinski definition) is 4. The van der Waals surface area contributed by atoms with Crippen LogP contribution in [0.4, 0.5) is 11.4 Å². The number of rotatable bonds is 9. The first-order chi connectivity index (χ1) is 19.3. The topological polar surface area (TPSA) is 111 Å². The van der Waals surface area contributed by atoms with Crippen LogP contribution in [-0.4, -0.2) is 38.8 Å². The van der Waals surface area contributed by atoms with Gasteiger partial charge in [0.25, 0.3) is 5.56 Å². The lowest BCUT2D eigenvalue weighted by molar-refractivity contribution is 0.0581. The summed E-state index contributed by atoms with van der Waals surface area (Å²) < 4.78 is 0. The lowest BCUT2D eigenvalue weighted by atomic mass is 9.93. The molecule has 3 atom stereocenters. The van der Waals surface area contributed by atoms with Crippen molar-refractivity contribution in [2.45, 2.75) is 77.4 Å². The molecule has 2 heterocycles. The van der Waals surface area contributed by atoms with Gasteiger partial charge in [-0.2, -0.15) is 0 Å². The number of likely N-dealkylation sites (tertiary alicyclic amines) is 1. The molecule has 3 aromatic carbocycles. The summed E-state index contributed by atoms with van der Waals surface area (Å²) in [7, 11) is 0. The van der Waals surface area contributed by atoms with Crippen LogP contribution in [0.25, 0.3) is 22.3 Å². The molecule has 4 aromatic rings. The number of nitrogens with one attached hydrogen (secondary N) is 3. The fourth-order valence-electron chi connectivity index (χ4n) is 6.33. The molecule has 7 nitrogen and oxygen atoms in total. The maximum Gasteiger partial charge on any atom is 0.274 e. The fraction of sp³-hybridized carbons (Fsp3) is 0.364. The van der Waals surface area contributed by atoms with E-state index in [2.05, 4.69) is 42.0 Å². The molecule has 1 aromatic heterocycles. The van der Waals surface area contributed by atoms with E-state index in [4.69, 9.17) is 16.1 Å². The van der Waals surface area contributed by atoms with Crippen LogP contribution in [0.5, 0.6) is 0 Å². The van der Waals surface area contributed by atoms with Crippen LogP contribution in [0.3, 0.4) is 0 Å². The fourth-order valence-corrected chi connectivity index (χ4v) is 6.33. The van der Waals surface area contributed by atoms with E-state index in [1.54, 1.807) is 18.2 Å². The van der Waals surface area contributed by atoms with E-state index in [0.29, 0.717) is 34.9 Å². The normalized spacial score (nSPS) is 18.5. The Morgan fingerprint density at radius 1 is 1.10 bits per heavy atom. The predicted molar refractivity (Wildman–Crippen MR) is 166 cm³/mol. The summed E-state index contributed by atoms with van der Waals surface area (Å²) >= 11 is 0. The maximum atomic E-state index is 13.4. The molecule has 40 heavy (non-hydrogen) atoms. The van der Waals surface area contributed by atoms with E-state index in [0.717, 1.165) is 47.2 Å². The number of benzene rings is 3. The lowest BCUT2D eigenvalue weighted by Crippen LogP contribution is -2.48. The summed E-state index contributed by atoms with van der Waals surface area (Å²) in [5, 5.41) is 11.3. The van der Waals surface area contributed by atoms with Gasteiger partial charge in [0.05, 0.1) is 11.0 Å². The Hall–Kier alpha value is -3.97. The summed E-state index contributed by atoms with van der Waals surface area (Å²) in [5.74, 6) is -0.0412. The number of H-pyrrole nitrogens is 1. The van der Waals surface area contributed by atoms with Crippen molar-refractivity contribution in [3.63, 3.8) is 0 Å². The number of aromatic nitrogens is 2. The monoisotopic (exact) mass is 536 g/mol. The first kappa shape index (κ1) is 27.6. The Morgan fingerprint density at radius 3 is 2.58 bits per heavy atom. The summed E-state index contributed by atoms with van der Waals surface area (Å²) in [6, 6.07) is 23.0.